The van der Waals surface area contributed by atoms with Gasteiger partial charge in [0.2, 0.25) is 5.91 Å². The molecule has 1 atom stereocenters. The molecule has 1 saturated heterocycles. The maximum Gasteiger partial charge on any atom is 0.223 e. The van der Waals surface area contributed by atoms with Crippen molar-refractivity contribution in [1.29, 1.82) is 0 Å². The highest BCUT2D eigenvalue weighted by molar-refractivity contribution is 7.12. The van der Waals surface area contributed by atoms with Gasteiger partial charge in [-0.25, -0.2) is 4.98 Å². The number of carbonyl (C=O) groups is 1. The molecule has 3 heterocycles. The van der Waals surface area contributed by atoms with Crippen molar-refractivity contribution in [2.75, 3.05) is 6.54 Å². The number of likely N-dealkylation sites (tertiary alicyclic amines) is 1. The molecule has 0 radical (unpaired) electrons. The molecule has 110 valence electrons. The number of nitrogens with one attached hydrogen (secondary N) is 1. The first-order valence-corrected chi connectivity index (χ1v) is 8.35. The first-order chi connectivity index (χ1) is 10.1. The van der Waals surface area contributed by atoms with Crippen molar-refractivity contribution in [3.8, 4) is 11.3 Å². The van der Waals surface area contributed by atoms with E-state index in [4.69, 9.17) is 0 Å². The quantitative estimate of drug-likeness (QED) is 0.946. The fourth-order valence-electron chi connectivity index (χ4n) is 3.23. The summed E-state index contributed by atoms with van der Waals surface area (Å²) in [4.78, 5) is 24.7. The molecule has 1 N–H and O–H groups in total. The molecule has 2 aliphatic rings. The second kappa shape index (κ2) is 4.70. The van der Waals surface area contributed by atoms with Crippen LogP contribution >= 0.6 is 11.3 Å². The highest BCUT2D eigenvalue weighted by Gasteiger charge is 2.40. The fraction of sp³-hybridized carbons (Fsp3) is 0.500. The largest absolute Gasteiger partial charge is 0.342 e. The third-order valence-electron chi connectivity index (χ3n) is 4.46. The van der Waals surface area contributed by atoms with Crippen LogP contribution in [-0.2, 0) is 4.79 Å². The predicted octanol–water partition coefficient (Wildman–Crippen LogP) is 3.23. The van der Waals surface area contributed by atoms with Gasteiger partial charge in [-0.2, -0.15) is 0 Å². The highest BCUT2D eigenvalue weighted by atomic mass is 32.1. The number of H-pyrrole nitrogens is 1. The third-order valence-corrected chi connectivity index (χ3v) is 5.43. The average molecular weight is 301 g/mol. The number of hydrogen-bond acceptors (Lipinski definition) is 3. The van der Waals surface area contributed by atoms with E-state index in [0.29, 0.717) is 18.4 Å². The van der Waals surface area contributed by atoms with Gasteiger partial charge in [0, 0.05) is 40.2 Å². The Morgan fingerprint density at radius 3 is 2.86 bits per heavy atom. The van der Waals surface area contributed by atoms with Crippen molar-refractivity contribution in [3.05, 3.63) is 27.8 Å². The molecule has 2 aromatic heterocycles. The van der Waals surface area contributed by atoms with Gasteiger partial charge in [0.15, 0.2) is 0 Å². The molecule has 1 unspecified atom stereocenters. The Balaban J connectivity index is 1.57. The molecule has 2 fully saturated rings. The van der Waals surface area contributed by atoms with Gasteiger partial charge in [0.25, 0.3) is 0 Å². The number of aromatic nitrogens is 2. The zero-order valence-electron chi connectivity index (χ0n) is 12.3. The van der Waals surface area contributed by atoms with Crippen LogP contribution in [0.1, 0.15) is 40.8 Å². The van der Waals surface area contributed by atoms with E-state index < -0.39 is 0 Å². The van der Waals surface area contributed by atoms with Gasteiger partial charge in [-0.1, -0.05) is 0 Å². The first-order valence-electron chi connectivity index (χ1n) is 7.53. The Bertz CT molecular complexity index is 698. The SMILES string of the molecule is Cc1cc(-c2cnc(C3CC(=O)N(C4CC4)C3)[nH]2)c(C)s1. The summed E-state index contributed by atoms with van der Waals surface area (Å²) in [6, 6.07) is 2.71. The second-order valence-electron chi connectivity index (χ2n) is 6.19. The van der Waals surface area contributed by atoms with Crippen LogP contribution in [0.25, 0.3) is 11.3 Å². The van der Waals surface area contributed by atoms with Gasteiger partial charge in [-0.05, 0) is 32.8 Å². The van der Waals surface area contributed by atoms with E-state index in [9.17, 15) is 4.79 Å². The summed E-state index contributed by atoms with van der Waals surface area (Å²) in [5.41, 5.74) is 2.31. The van der Waals surface area contributed by atoms with Crippen LogP contribution in [0.2, 0.25) is 0 Å². The van der Waals surface area contributed by atoms with E-state index >= 15 is 0 Å². The van der Waals surface area contributed by atoms with Crippen molar-refractivity contribution >= 4 is 17.2 Å². The summed E-state index contributed by atoms with van der Waals surface area (Å²) in [5, 5.41) is 0. The lowest BCUT2D eigenvalue weighted by atomic mass is 10.1. The van der Waals surface area contributed by atoms with Gasteiger partial charge in [-0.15, -0.1) is 11.3 Å². The predicted molar refractivity (Wildman–Crippen MR) is 83.5 cm³/mol. The minimum Gasteiger partial charge on any atom is -0.342 e. The second-order valence-corrected chi connectivity index (χ2v) is 7.65. The maximum absolute atomic E-state index is 12.1. The van der Waals surface area contributed by atoms with Crippen LogP contribution in [0.4, 0.5) is 0 Å². The minimum absolute atomic E-state index is 0.229. The Hall–Kier alpha value is -1.62. The van der Waals surface area contributed by atoms with E-state index in [0.717, 1.165) is 18.1 Å². The summed E-state index contributed by atoms with van der Waals surface area (Å²) in [5.74, 6) is 1.49. The average Bonchev–Trinajstić information content (AvgIpc) is 2.88. The molecule has 4 rings (SSSR count). The van der Waals surface area contributed by atoms with Crippen LogP contribution in [0.5, 0.6) is 0 Å². The van der Waals surface area contributed by atoms with E-state index in [2.05, 4.69) is 29.9 Å². The van der Waals surface area contributed by atoms with Crippen molar-refractivity contribution in [2.45, 2.75) is 45.1 Å². The molecule has 0 aromatic carbocycles. The Morgan fingerprint density at radius 1 is 1.38 bits per heavy atom. The Morgan fingerprint density at radius 2 is 2.19 bits per heavy atom. The van der Waals surface area contributed by atoms with Gasteiger partial charge in [0.1, 0.15) is 5.82 Å². The molecule has 0 bridgehead atoms. The summed E-state index contributed by atoms with van der Waals surface area (Å²) < 4.78 is 0. The molecule has 5 heteroatoms. The highest BCUT2D eigenvalue weighted by Crippen LogP contribution is 2.36. The van der Waals surface area contributed by atoms with Crippen molar-refractivity contribution in [1.82, 2.24) is 14.9 Å². The molecule has 21 heavy (non-hydrogen) atoms. The standard InChI is InChI=1S/C16H19N3OS/c1-9-5-13(10(2)21-9)14-7-17-16(18-14)11-6-15(20)19(8-11)12-3-4-12/h5,7,11-12H,3-4,6,8H2,1-2H3,(H,17,18). The topological polar surface area (TPSA) is 49.0 Å². The maximum atomic E-state index is 12.1. The molecule has 2 aromatic rings. The number of imidazole rings is 1. The van der Waals surface area contributed by atoms with Crippen LogP contribution in [-0.4, -0.2) is 33.4 Å². The third kappa shape index (κ3) is 2.29. The summed E-state index contributed by atoms with van der Waals surface area (Å²) in [7, 11) is 0. The Kier molecular flexibility index (Phi) is 2.92. The number of rotatable bonds is 3. The molecule has 1 aliphatic heterocycles. The zero-order valence-corrected chi connectivity index (χ0v) is 13.2. The molecule has 4 nitrogen and oxygen atoms in total. The number of hydrogen-bond donors (Lipinski definition) is 1. The zero-order chi connectivity index (χ0) is 14.6. The lowest BCUT2D eigenvalue weighted by Crippen LogP contribution is -2.27. The van der Waals surface area contributed by atoms with Crippen LogP contribution < -0.4 is 0 Å². The molecular weight excluding hydrogens is 282 g/mol. The normalized spacial score (nSPS) is 22.3. The molecule has 1 amide bonds. The monoisotopic (exact) mass is 301 g/mol. The molecular formula is C16H19N3OS. The van der Waals surface area contributed by atoms with Crippen molar-refractivity contribution in [2.24, 2.45) is 0 Å². The molecule has 0 spiro atoms. The van der Waals surface area contributed by atoms with Crippen molar-refractivity contribution in [3.63, 3.8) is 0 Å². The number of nitrogens with zero attached hydrogens (tertiary/aromatic N) is 2. The smallest absolute Gasteiger partial charge is 0.223 e. The van der Waals surface area contributed by atoms with E-state index in [1.807, 2.05) is 22.4 Å². The van der Waals surface area contributed by atoms with Gasteiger partial charge in [-0.3, -0.25) is 4.79 Å². The summed E-state index contributed by atoms with van der Waals surface area (Å²) >= 11 is 1.81. The number of aryl methyl sites for hydroxylation is 2. The Labute approximate surface area is 128 Å². The van der Waals surface area contributed by atoms with Gasteiger partial charge >= 0.3 is 0 Å². The van der Waals surface area contributed by atoms with Crippen LogP contribution in [0.3, 0.4) is 0 Å². The lowest BCUT2D eigenvalue weighted by Gasteiger charge is -2.14. The molecule has 1 aliphatic carbocycles. The van der Waals surface area contributed by atoms with E-state index in [1.165, 1.54) is 28.2 Å². The fourth-order valence-corrected chi connectivity index (χ4v) is 4.17. The number of aromatic amines is 1. The first kappa shape index (κ1) is 13.1. The van der Waals surface area contributed by atoms with Gasteiger partial charge < -0.3 is 9.88 Å². The number of amides is 1. The van der Waals surface area contributed by atoms with E-state index in [1.54, 1.807) is 0 Å². The van der Waals surface area contributed by atoms with Gasteiger partial charge in [0.05, 0.1) is 11.9 Å². The summed E-state index contributed by atoms with van der Waals surface area (Å²) in [6.07, 6.45) is 4.86. The van der Waals surface area contributed by atoms with Crippen LogP contribution in [0, 0.1) is 13.8 Å². The lowest BCUT2D eigenvalue weighted by molar-refractivity contribution is -0.128. The minimum atomic E-state index is 0.229. The number of carbonyl (C=O) groups excluding carboxylic acids is 1. The molecule has 1 saturated carbocycles. The van der Waals surface area contributed by atoms with Crippen molar-refractivity contribution < 1.29 is 4.79 Å². The van der Waals surface area contributed by atoms with E-state index in [-0.39, 0.29) is 5.92 Å². The van der Waals surface area contributed by atoms with Crippen LogP contribution in [0.15, 0.2) is 12.3 Å². The summed E-state index contributed by atoms with van der Waals surface area (Å²) in [6.45, 7) is 5.10. The number of thiophene rings is 1.